The lowest BCUT2D eigenvalue weighted by atomic mass is 9.87. The largest absolute Gasteiger partial charge is 0.396 e. The van der Waals surface area contributed by atoms with E-state index < -0.39 is 0 Å². The Morgan fingerprint density at radius 1 is 1.33 bits per heavy atom. The Labute approximate surface area is 111 Å². The van der Waals surface area contributed by atoms with E-state index >= 15 is 0 Å². The molecule has 2 atom stereocenters. The van der Waals surface area contributed by atoms with Crippen LogP contribution in [0.1, 0.15) is 44.1 Å². The van der Waals surface area contributed by atoms with Crippen LogP contribution in [0.25, 0.3) is 0 Å². The highest BCUT2D eigenvalue weighted by Crippen LogP contribution is 2.33. The summed E-state index contributed by atoms with van der Waals surface area (Å²) in [5, 5.41) is 9.00. The van der Waals surface area contributed by atoms with Crippen molar-refractivity contribution < 1.29 is 5.11 Å². The van der Waals surface area contributed by atoms with E-state index in [0.717, 1.165) is 13.0 Å². The zero-order chi connectivity index (χ0) is 12.8. The average molecular weight is 247 g/mol. The third-order valence-corrected chi connectivity index (χ3v) is 4.15. The topological polar surface area (TPSA) is 23.5 Å². The first-order valence-electron chi connectivity index (χ1n) is 7.26. The van der Waals surface area contributed by atoms with Crippen LogP contribution < -0.4 is 0 Å². The summed E-state index contributed by atoms with van der Waals surface area (Å²) in [7, 11) is 0. The Balaban J connectivity index is 2.07. The summed E-state index contributed by atoms with van der Waals surface area (Å²) in [5.41, 5.74) is 1.47. The van der Waals surface area contributed by atoms with Gasteiger partial charge in [0.2, 0.25) is 0 Å². The van der Waals surface area contributed by atoms with Crippen LogP contribution in [0.3, 0.4) is 0 Å². The Hall–Kier alpha value is -0.860. The molecule has 0 aliphatic carbocycles. The molecular weight excluding hydrogens is 222 g/mol. The molecule has 0 radical (unpaired) electrons. The van der Waals surface area contributed by atoms with E-state index in [1.165, 1.54) is 31.4 Å². The number of likely N-dealkylation sites (tertiary alicyclic amines) is 1. The molecule has 0 amide bonds. The van der Waals surface area contributed by atoms with E-state index in [1.54, 1.807) is 0 Å². The Bertz CT molecular complexity index is 338. The van der Waals surface area contributed by atoms with Crippen molar-refractivity contribution in [3.8, 4) is 0 Å². The second-order valence-corrected chi connectivity index (χ2v) is 5.25. The molecule has 0 bridgehead atoms. The maximum Gasteiger partial charge on any atom is 0.0443 e. The van der Waals surface area contributed by atoms with Gasteiger partial charge < -0.3 is 5.11 Å². The van der Waals surface area contributed by atoms with Gasteiger partial charge in [0, 0.05) is 19.2 Å². The highest BCUT2D eigenvalue weighted by Gasteiger charge is 2.30. The number of rotatable bonds is 6. The second kappa shape index (κ2) is 6.91. The molecule has 2 unspecified atom stereocenters. The number of hydrogen-bond acceptors (Lipinski definition) is 2. The maximum absolute atomic E-state index is 9.00. The van der Waals surface area contributed by atoms with Crippen molar-refractivity contribution in [2.24, 2.45) is 0 Å². The smallest absolute Gasteiger partial charge is 0.0443 e. The SMILES string of the molecule is CCC(c1ccccc1)C1CCCN1CCCO. The van der Waals surface area contributed by atoms with Crippen molar-refractivity contribution in [3.05, 3.63) is 35.9 Å². The summed E-state index contributed by atoms with van der Waals surface area (Å²) < 4.78 is 0. The van der Waals surface area contributed by atoms with Crippen molar-refractivity contribution in [1.29, 1.82) is 0 Å². The van der Waals surface area contributed by atoms with Gasteiger partial charge in [0.15, 0.2) is 0 Å². The van der Waals surface area contributed by atoms with Crippen molar-refractivity contribution in [2.75, 3.05) is 19.7 Å². The molecule has 0 aromatic heterocycles. The molecule has 0 spiro atoms. The zero-order valence-electron chi connectivity index (χ0n) is 11.4. The minimum Gasteiger partial charge on any atom is -0.396 e. The first-order chi connectivity index (χ1) is 8.86. The molecule has 1 aliphatic heterocycles. The highest BCUT2D eigenvalue weighted by atomic mass is 16.3. The van der Waals surface area contributed by atoms with E-state index in [2.05, 4.69) is 42.2 Å². The molecule has 1 aromatic carbocycles. The monoisotopic (exact) mass is 247 g/mol. The fraction of sp³-hybridized carbons (Fsp3) is 0.625. The molecule has 1 heterocycles. The molecule has 2 heteroatoms. The predicted molar refractivity (Wildman–Crippen MR) is 75.8 cm³/mol. The predicted octanol–water partition coefficient (Wildman–Crippen LogP) is 3.03. The quantitative estimate of drug-likeness (QED) is 0.835. The minimum absolute atomic E-state index is 0.311. The summed E-state index contributed by atoms with van der Waals surface area (Å²) in [6, 6.07) is 11.6. The van der Waals surface area contributed by atoms with Crippen LogP contribution in [0, 0.1) is 0 Å². The van der Waals surface area contributed by atoms with Crippen LogP contribution in [0.5, 0.6) is 0 Å². The van der Waals surface area contributed by atoms with Gasteiger partial charge in [-0.3, -0.25) is 4.90 Å². The van der Waals surface area contributed by atoms with Crippen LogP contribution in [0.15, 0.2) is 30.3 Å². The van der Waals surface area contributed by atoms with Crippen LogP contribution in [0.4, 0.5) is 0 Å². The third kappa shape index (κ3) is 3.12. The van der Waals surface area contributed by atoms with Gasteiger partial charge in [0.1, 0.15) is 0 Å². The minimum atomic E-state index is 0.311. The van der Waals surface area contributed by atoms with Gasteiger partial charge in [-0.25, -0.2) is 0 Å². The standard InChI is InChI=1S/C16H25NO/c1-2-15(14-8-4-3-5-9-14)16-10-6-11-17(16)12-7-13-18/h3-5,8-9,15-16,18H,2,6-7,10-13H2,1H3. The van der Waals surface area contributed by atoms with E-state index in [-0.39, 0.29) is 0 Å². The summed E-state index contributed by atoms with van der Waals surface area (Å²) in [4.78, 5) is 2.58. The molecule has 0 saturated carbocycles. The van der Waals surface area contributed by atoms with Crippen molar-refractivity contribution in [3.63, 3.8) is 0 Å². The maximum atomic E-state index is 9.00. The van der Waals surface area contributed by atoms with Gasteiger partial charge in [-0.1, -0.05) is 37.3 Å². The van der Waals surface area contributed by atoms with Crippen LogP contribution in [-0.2, 0) is 0 Å². The van der Waals surface area contributed by atoms with Crippen molar-refractivity contribution in [1.82, 2.24) is 4.90 Å². The summed E-state index contributed by atoms with van der Waals surface area (Å²) in [5.74, 6) is 0.646. The van der Waals surface area contributed by atoms with E-state index in [4.69, 9.17) is 5.11 Å². The van der Waals surface area contributed by atoms with E-state index in [0.29, 0.717) is 18.6 Å². The number of benzene rings is 1. The van der Waals surface area contributed by atoms with Gasteiger partial charge in [-0.15, -0.1) is 0 Å². The number of aliphatic hydroxyl groups is 1. The lowest BCUT2D eigenvalue weighted by Crippen LogP contribution is -2.35. The molecule has 1 N–H and O–H groups in total. The number of nitrogens with zero attached hydrogens (tertiary/aromatic N) is 1. The Morgan fingerprint density at radius 2 is 2.11 bits per heavy atom. The van der Waals surface area contributed by atoms with Gasteiger partial charge in [0.05, 0.1) is 0 Å². The van der Waals surface area contributed by atoms with Gasteiger partial charge in [-0.05, 0) is 43.7 Å². The lowest BCUT2D eigenvalue weighted by Gasteiger charge is -2.31. The summed E-state index contributed by atoms with van der Waals surface area (Å²) >= 11 is 0. The van der Waals surface area contributed by atoms with Crippen LogP contribution in [0.2, 0.25) is 0 Å². The Morgan fingerprint density at radius 3 is 2.78 bits per heavy atom. The van der Waals surface area contributed by atoms with E-state index in [1.807, 2.05) is 0 Å². The average Bonchev–Trinajstić information content (AvgIpc) is 2.87. The van der Waals surface area contributed by atoms with E-state index in [9.17, 15) is 0 Å². The molecule has 1 saturated heterocycles. The third-order valence-electron chi connectivity index (χ3n) is 4.15. The van der Waals surface area contributed by atoms with Crippen molar-refractivity contribution >= 4 is 0 Å². The first kappa shape index (κ1) is 13.6. The molecule has 1 aliphatic rings. The normalized spacial score (nSPS) is 22.2. The first-order valence-corrected chi connectivity index (χ1v) is 7.26. The van der Waals surface area contributed by atoms with Crippen molar-refractivity contribution in [2.45, 2.75) is 44.6 Å². The molecule has 2 rings (SSSR count). The fourth-order valence-electron chi connectivity index (χ4n) is 3.29. The van der Waals surface area contributed by atoms with Crippen LogP contribution in [-0.4, -0.2) is 35.7 Å². The molecule has 18 heavy (non-hydrogen) atoms. The molecule has 2 nitrogen and oxygen atoms in total. The highest BCUT2D eigenvalue weighted by molar-refractivity contribution is 5.21. The van der Waals surface area contributed by atoms with Crippen LogP contribution >= 0.6 is 0 Å². The van der Waals surface area contributed by atoms with Gasteiger partial charge in [-0.2, -0.15) is 0 Å². The number of aliphatic hydroxyl groups excluding tert-OH is 1. The second-order valence-electron chi connectivity index (χ2n) is 5.25. The number of hydrogen-bond donors (Lipinski definition) is 1. The molecular formula is C16H25NO. The summed E-state index contributed by atoms with van der Waals surface area (Å²) in [6.45, 7) is 4.85. The molecule has 1 aromatic rings. The summed E-state index contributed by atoms with van der Waals surface area (Å²) in [6.07, 6.45) is 4.71. The Kier molecular flexibility index (Phi) is 5.21. The zero-order valence-corrected chi connectivity index (χ0v) is 11.4. The van der Waals surface area contributed by atoms with Gasteiger partial charge >= 0.3 is 0 Å². The van der Waals surface area contributed by atoms with Gasteiger partial charge in [0.25, 0.3) is 0 Å². The fourth-order valence-corrected chi connectivity index (χ4v) is 3.29. The molecule has 100 valence electrons. The molecule has 1 fully saturated rings. The lowest BCUT2D eigenvalue weighted by molar-refractivity contribution is 0.192.